The lowest BCUT2D eigenvalue weighted by atomic mass is 9.83. The summed E-state index contributed by atoms with van der Waals surface area (Å²) >= 11 is 3.63. The monoisotopic (exact) mass is 477 g/mol. The molecule has 2 aliphatic rings. The van der Waals surface area contributed by atoms with Crippen LogP contribution in [0.5, 0.6) is 0 Å². The molecule has 31 heavy (non-hydrogen) atoms. The Kier molecular flexibility index (Phi) is 4.41. The molecule has 0 spiro atoms. The summed E-state index contributed by atoms with van der Waals surface area (Å²) in [6.45, 7) is 5.72. The van der Waals surface area contributed by atoms with Gasteiger partial charge in [-0.05, 0) is 48.8 Å². The number of nitrogens with zero attached hydrogens (tertiary/aromatic N) is 2. The van der Waals surface area contributed by atoms with Crippen molar-refractivity contribution >= 4 is 39.1 Å². The number of ketones is 2. The molecule has 0 amide bonds. The third kappa shape index (κ3) is 2.95. The van der Waals surface area contributed by atoms with Gasteiger partial charge in [-0.1, -0.05) is 42.5 Å². The Balaban J connectivity index is 1.65. The van der Waals surface area contributed by atoms with Crippen LogP contribution in [0.3, 0.4) is 0 Å². The predicted molar refractivity (Wildman–Crippen MR) is 121 cm³/mol. The van der Waals surface area contributed by atoms with Crippen LogP contribution in [0, 0.1) is 6.92 Å². The summed E-state index contributed by atoms with van der Waals surface area (Å²) in [5, 5.41) is 8.11. The van der Waals surface area contributed by atoms with Crippen molar-refractivity contribution in [2.24, 2.45) is 0 Å². The minimum atomic E-state index is -0.767. The van der Waals surface area contributed by atoms with Gasteiger partial charge in [0.05, 0.1) is 27.5 Å². The van der Waals surface area contributed by atoms with Crippen LogP contribution < -0.4 is 5.32 Å². The number of nitrogens with one attached hydrogen (secondary N) is 1. The molecule has 1 aromatic heterocycles. The molecule has 5 rings (SSSR count). The third-order valence-corrected chi connectivity index (χ3v) is 6.68. The number of para-hydroxylation sites is 1. The van der Waals surface area contributed by atoms with E-state index in [9.17, 15) is 9.59 Å². The molecule has 3 aromatic rings. The van der Waals surface area contributed by atoms with Crippen molar-refractivity contribution in [3.8, 4) is 5.69 Å². The van der Waals surface area contributed by atoms with Gasteiger partial charge in [-0.2, -0.15) is 5.10 Å². The molecule has 7 heteroatoms. The summed E-state index contributed by atoms with van der Waals surface area (Å²) in [5.41, 5.74) is 2.31. The number of carbonyl (C=O) groups excluding carboxylic acids is 2. The van der Waals surface area contributed by atoms with E-state index in [0.717, 1.165) is 15.9 Å². The number of anilines is 1. The van der Waals surface area contributed by atoms with Gasteiger partial charge in [0.2, 0.25) is 11.6 Å². The highest BCUT2D eigenvalue weighted by Gasteiger charge is 2.51. The van der Waals surface area contributed by atoms with Crippen molar-refractivity contribution in [2.45, 2.75) is 32.4 Å². The van der Waals surface area contributed by atoms with Crippen LogP contribution in [0.4, 0.5) is 5.82 Å². The minimum absolute atomic E-state index is 0.360. The summed E-state index contributed by atoms with van der Waals surface area (Å²) in [6.07, 6.45) is 0. The maximum Gasteiger partial charge on any atom is 0.235 e. The van der Waals surface area contributed by atoms with E-state index in [2.05, 4.69) is 26.3 Å². The van der Waals surface area contributed by atoms with Gasteiger partial charge < -0.3 is 10.1 Å². The molecule has 0 fully saturated rings. The van der Waals surface area contributed by atoms with Crippen molar-refractivity contribution in [2.75, 3.05) is 5.32 Å². The van der Waals surface area contributed by atoms with Gasteiger partial charge in [0, 0.05) is 11.1 Å². The van der Waals surface area contributed by atoms with Gasteiger partial charge in [-0.3, -0.25) is 9.59 Å². The van der Waals surface area contributed by atoms with E-state index < -0.39 is 23.2 Å². The molecule has 2 heterocycles. The van der Waals surface area contributed by atoms with E-state index in [0.29, 0.717) is 28.3 Å². The van der Waals surface area contributed by atoms with Crippen LogP contribution in [-0.4, -0.2) is 33.0 Å². The standard InChI is InChI=1S/C24H20BrN3O3/c1-13-18(25)23(28(27-13)14-9-5-4-6-10-14)26-22-17-20(30)19(29)15-11-7-8-12-16(15)21(17)31-24(22,2)3/h4-12,22,26H,1-3H3. The highest BCUT2D eigenvalue weighted by Crippen LogP contribution is 2.45. The number of halogens is 1. The largest absolute Gasteiger partial charge is 0.484 e. The number of fused-ring (bicyclic) bond motifs is 2. The normalized spacial score (nSPS) is 19.2. The van der Waals surface area contributed by atoms with Gasteiger partial charge in [0.25, 0.3) is 0 Å². The van der Waals surface area contributed by atoms with E-state index in [4.69, 9.17) is 4.74 Å². The topological polar surface area (TPSA) is 73.2 Å². The lowest BCUT2D eigenvalue weighted by molar-refractivity contribution is -0.112. The van der Waals surface area contributed by atoms with E-state index in [1.165, 1.54) is 0 Å². The molecular formula is C24H20BrN3O3. The van der Waals surface area contributed by atoms with Gasteiger partial charge in [-0.15, -0.1) is 0 Å². The number of Topliss-reactive ketones (excluding diaryl/α,β-unsaturated/α-hetero) is 2. The van der Waals surface area contributed by atoms with Crippen molar-refractivity contribution in [1.82, 2.24) is 9.78 Å². The number of aromatic nitrogens is 2. The van der Waals surface area contributed by atoms with Crippen LogP contribution >= 0.6 is 15.9 Å². The second-order valence-electron chi connectivity index (χ2n) is 8.22. The van der Waals surface area contributed by atoms with Gasteiger partial charge in [-0.25, -0.2) is 4.68 Å². The Morgan fingerprint density at radius 3 is 2.35 bits per heavy atom. The summed E-state index contributed by atoms with van der Waals surface area (Å²) in [7, 11) is 0. The Bertz CT molecular complexity index is 1270. The van der Waals surface area contributed by atoms with E-state index in [1.807, 2.05) is 63.2 Å². The quantitative estimate of drug-likeness (QED) is 0.553. The third-order valence-electron chi connectivity index (χ3n) is 5.73. The Hall–Kier alpha value is -3.19. The van der Waals surface area contributed by atoms with Gasteiger partial charge in [0.1, 0.15) is 17.2 Å². The lowest BCUT2D eigenvalue weighted by Gasteiger charge is -2.29. The number of ether oxygens (including phenoxy) is 1. The van der Waals surface area contributed by atoms with Gasteiger partial charge in [0.15, 0.2) is 0 Å². The number of hydrogen-bond acceptors (Lipinski definition) is 5. The zero-order valence-corrected chi connectivity index (χ0v) is 18.9. The molecule has 1 aliphatic heterocycles. The van der Waals surface area contributed by atoms with Crippen LogP contribution in [0.2, 0.25) is 0 Å². The van der Waals surface area contributed by atoms with E-state index >= 15 is 0 Å². The highest BCUT2D eigenvalue weighted by atomic mass is 79.9. The average Bonchev–Trinajstić information content (AvgIpc) is 3.20. The van der Waals surface area contributed by atoms with Crippen LogP contribution in [0.25, 0.3) is 11.4 Å². The Morgan fingerprint density at radius 2 is 1.65 bits per heavy atom. The molecule has 1 atom stereocenters. The summed E-state index contributed by atoms with van der Waals surface area (Å²) < 4.78 is 8.85. The molecule has 1 N–H and O–H groups in total. The van der Waals surface area contributed by atoms with E-state index in [-0.39, 0.29) is 0 Å². The fourth-order valence-corrected chi connectivity index (χ4v) is 4.55. The van der Waals surface area contributed by atoms with Crippen molar-refractivity contribution < 1.29 is 14.3 Å². The number of hydrogen-bond donors (Lipinski definition) is 1. The number of benzene rings is 2. The minimum Gasteiger partial charge on any atom is -0.484 e. The zero-order valence-electron chi connectivity index (χ0n) is 17.3. The molecule has 0 saturated carbocycles. The van der Waals surface area contributed by atoms with Crippen LogP contribution in [0.1, 0.15) is 35.5 Å². The molecule has 6 nitrogen and oxygen atoms in total. The maximum atomic E-state index is 13.1. The second-order valence-corrected chi connectivity index (χ2v) is 9.02. The summed E-state index contributed by atoms with van der Waals surface area (Å²) in [4.78, 5) is 26.0. The molecule has 0 saturated heterocycles. The Morgan fingerprint density at radius 1 is 1.00 bits per heavy atom. The van der Waals surface area contributed by atoms with Gasteiger partial charge >= 0.3 is 0 Å². The SMILES string of the molecule is Cc1nn(-c2ccccc2)c(NC2C3=C(OC2(C)C)c2ccccc2C(=O)C3=O)c1Br. The molecule has 156 valence electrons. The number of aryl methyl sites for hydroxylation is 1. The molecule has 1 aliphatic carbocycles. The first-order valence-corrected chi connectivity index (χ1v) is 10.8. The predicted octanol–water partition coefficient (Wildman–Crippen LogP) is 4.71. The van der Waals surface area contributed by atoms with E-state index in [1.54, 1.807) is 16.8 Å². The first-order valence-electron chi connectivity index (χ1n) is 9.98. The molecule has 0 radical (unpaired) electrons. The first-order chi connectivity index (χ1) is 14.8. The highest BCUT2D eigenvalue weighted by molar-refractivity contribution is 9.10. The molecular weight excluding hydrogens is 458 g/mol. The van der Waals surface area contributed by atoms with Crippen LogP contribution in [-0.2, 0) is 9.53 Å². The van der Waals surface area contributed by atoms with Crippen molar-refractivity contribution in [3.05, 3.63) is 81.5 Å². The maximum absolute atomic E-state index is 13.1. The number of rotatable bonds is 3. The van der Waals surface area contributed by atoms with Crippen molar-refractivity contribution in [1.29, 1.82) is 0 Å². The first kappa shape index (κ1) is 19.8. The van der Waals surface area contributed by atoms with Crippen molar-refractivity contribution in [3.63, 3.8) is 0 Å². The van der Waals surface area contributed by atoms with Crippen LogP contribution in [0.15, 0.2) is 64.6 Å². The summed E-state index contributed by atoms with van der Waals surface area (Å²) in [6, 6.07) is 16.3. The number of carbonyl (C=O) groups is 2. The summed E-state index contributed by atoms with van der Waals surface area (Å²) in [5.74, 6) is 0.129. The zero-order chi connectivity index (χ0) is 21.9. The molecule has 2 aromatic carbocycles. The smallest absolute Gasteiger partial charge is 0.235 e. The fourth-order valence-electron chi connectivity index (χ4n) is 4.19. The second kappa shape index (κ2) is 6.92. The Labute approximate surface area is 188 Å². The molecule has 0 bridgehead atoms. The molecule has 1 unspecified atom stereocenters. The lowest BCUT2D eigenvalue weighted by Crippen LogP contribution is -2.43. The fraction of sp³-hybridized carbons (Fsp3) is 0.208. The average molecular weight is 478 g/mol.